The summed E-state index contributed by atoms with van der Waals surface area (Å²) in [5, 5.41) is -8.76. The first kappa shape index (κ1) is 27.7. The van der Waals surface area contributed by atoms with E-state index >= 15 is 0 Å². The lowest BCUT2D eigenvalue weighted by Gasteiger charge is -2.48. The van der Waals surface area contributed by atoms with Crippen LogP contribution in [-0.2, 0) is 10.1 Å². The first-order valence-electron chi connectivity index (χ1n) is 5.68. The minimum Gasteiger partial charge on any atom is -0.283 e. The predicted octanol–water partition coefficient (Wildman–Crippen LogP) is 4.84. The molecule has 3 atom stereocenters. The molecule has 0 aliphatic rings. The molecular weight excluding hydrogens is 499 g/mol. The quantitative estimate of drug-likeness (QED) is 0.444. The highest BCUT2D eigenvalue weighted by Crippen LogP contribution is 2.68. The lowest BCUT2D eigenvalue weighted by molar-refractivity contribution is -0.456. The Hall–Kier alpha value is -1.28. The van der Waals surface area contributed by atoms with Crippen molar-refractivity contribution in [2.45, 2.75) is 47.0 Å². The minimum atomic E-state index is -9.35. The van der Waals surface area contributed by atoms with E-state index in [1.807, 2.05) is 0 Å². The third-order valence-electron chi connectivity index (χ3n) is 3.21. The second-order valence-corrected chi connectivity index (χ2v) is 6.47. The monoisotopic (exact) mass is 500 g/mol. The van der Waals surface area contributed by atoms with Crippen molar-refractivity contribution in [2.24, 2.45) is 0 Å². The molecular formula is C8HF17O3S. The van der Waals surface area contributed by atoms with Gasteiger partial charge in [0.2, 0.25) is 0 Å². The van der Waals surface area contributed by atoms with Gasteiger partial charge in [0.1, 0.15) is 0 Å². The van der Waals surface area contributed by atoms with E-state index in [0.717, 1.165) is 0 Å². The van der Waals surface area contributed by atoms with E-state index in [1.165, 1.54) is 0 Å². The molecule has 0 amide bonds. The van der Waals surface area contributed by atoms with Crippen molar-refractivity contribution < 1.29 is 87.6 Å². The van der Waals surface area contributed by atoms with Crippen LogP contribution in [0.5, 0.6) is 0 Å². The fraction of sp³-hybridized carbons (Fsp3) is 1.00. The zero-order chi connectivity index (χ0) is 24.5. The highest BCUT2D eigenvalue weighted by Gasteiger charge is 3.02. The summed E-state index contributed by atoms with van der Waals surface area (Å²) in [6, 6.07) is 0. The van der Waals surface area contributed by atoms with Crippen LogP contribution in [0.4, 0.5) is 74.6 Å². The fourth-order valence-electron chi connectivity index (χ4n) is 1.90. The molecule has 0 radical (unpaired) electrons. The Bertz CT molecular complexity index is 728. The minimum absolute atomic E-state index is 7.95. The average molecular weight is 500 g/mol. The number of halogens is 17. The molecule has 0 heterocycles. The van der Waals surface area contributed by atoms with Crippen LogP contribution in [0.25, 0.3) is 0 Å². The predicted molar refractivity (Wildman–Crippen MR) is 52.2 cm³/mol. The highest BCUT2D eigenvalue weighted by molar-refractivity contribution is 7.87. The van der Waals surface area contributed by atoms with Crippen molar-refractivity contribution in [3.63, 3.8) is 0 Å². The highest BCUT2D eigenvalue weighted by atomic mass is 32.2. The zero-order valence-electron chi connectivity index (χ0n) is 12.1. The summed E-state index contributed by atoms with van der Waals surface area (Å²) in [5.41, 5.74) is -18.7. The van der Waals surface area contributed by atoms with Crippen molar-refractivity contribution in [1.82, 2.24) is 0 Å². The van der Waals surface area contributed by atoms with Gasteiger partial charge in [-0.05, 0) is 0 Å². The lowest BCUT2D eigenvalue weighted by Crippen LogP contribution is -2.84. The van der Waals surface area contributed by atoms with E-state index in [0.29, 0.717) is 0 Å². The van der Waals surface area contributed by atoms with Crippen molar-refractivity contribution in [3.05, 3.63) is 0 Å². The number of hydrogen-bond acceptors (Lipinski definition) is 2. The van der Waals surface area contributed by atoms with Gasteiger partial charge in [0.05, 0.1) is 0 Å². The normalized spacial score (nSPS) is 21.9. The van der Waals surface area contributed by atoms with Gasteiger partial charge in [-0.25, -0.2) is 13.2 Å². The zero-order valence-corrected chi connectivity index (χ0v) is 12.9. The molecule has 0 aromatic heterocycles. The molecule has 21 heteroatoms. The summed E-state index contributed by atoms with van der Waals surface area (Å²) < 4.78 is 246. The van der Waals surface area contributed by atoms with E-state index < -0.39 is 57.1 Å². The van der Waals surface area contributed by atoms with Crippen molar-refractivity contribution in [3.8, 4) is 0 Å². The number of hydrogen-bond donors (Lipinski definition) is 1. The summed E-state index contributed by atoms with van der Waals surface area (Å²) in [5.74, 6) is -8.89. The first-order valence-corrected chi connectivity index (χ1v) is 7.12. The first-order chi connectivity index (χ1) is 12.0. The molecule has 0 bridgehead atoms. The smallest absolute Gasteiger partial charge is 0.283 e. The molecule has 0 saturated carbocycles. The van der Waals surface area contributed by atoms with Crippen LogP contribution in [0.15, 0.2) is 0 Å². The molecule has 0 aliphatic carbocycles. The number of rotatable bonds is 4. The number of alkyl halides is 17. The molecule has 0 fully saturated rings. The molecule has 3 nitrogen and oxygen atoms in total. The van der Waals surface area contributed by atoms with Gasteiger partial charge in [0.25, 0.3) is 0 Å². The molecule has 0 aromatic carbocycles. The maximum absolute atomic E-state index is 14.1. The van der Waals surface area contributed by atoms with Crippen LogP contribution in [0.2, 0.25) is 0 Å². The van der Waals surface area contributed by atoms with Gasteiger partial charge in [-0.3, -0.25) is 4.55 Å². The van der Waals surface area contributed by atoms with E-state index in [1.54, 1.807) is 0 Å². The SMILES string of the molecule is O=S(=O)(O)C(F)(C(F)(F)F)C(F)(C(F)(F)F)C(F)(C(F)(F)F)C(F)(F)C(F)(F)F. The molecule has 0 aliphatic heterocycles. The maximum Gasteiger partial charge on any atom is 0.457 e. The molecule has 29 heavy (non-hydrogen) atoms. The molecule has 0 spiro atoms. The maximum atomic E-state index is 14.1. The summed E-state index contributed by atoms with van der Waals surface area (Å²) in [6.07, 6.45) is -34.2. The van der Waals surface area contributed by atoms with Crippen LogP contribution in [0.3, 0.4) is 0 Å². The summed E-state index contributed by atoms with van der Waals surface area (Å²) >= 11 is 0. The molecule has 1 N–H and O–H groups in total. The van der Waals surface area contributed by atoms with E-state index in [2.05, 4.69) is 0 Å². The van der Waals surface area contributed by atoms with Crippen LogP contribution in [-0.4, -0.2) is 59.9 Å². The van der Waals surface area contributed by atoms with Gasteiger partial charge in [0.15, 0.2) is 0 Å². The van der Waals surface area contributed by atoms with Crippen molar-refractivity contribution in [2.75, 3.05) is 0 Å². The van der Waals surface area contributed by atoms with Crippen molar-refractivity contribution >= 4 is 10.1 Å². The van der Waals surface area contributed by atoms with Crippen molar-refractivity contribution in [1.29, 1.82) is 0 Å². The van der Waals surface area contributed by atoms with Gasteiger partial charge in [0, 0.05) is 0 Å². The molecule has 0 rings (SSSR count). The lowest BCUT2D eigenvalue weighted by atomic mass is 9.75. The van der Waals surface area contributed by atoms with Crippen LogP contribution in [0, 0.1) is 0 Å². The Morgan fingerprint density at radius 3 is 0.862 bits per heavy atom. The van der Waals surface area contributed by atoms with Gasteiger partial charge in [-0.2, -0.15) is 69.9 Å². The molecule has 3 unspecified atom stereocenters. The van der Waals surface area contributed by atoms with Crippen LogP contribution >= 0.6 is 0 Å². The van der Waals surface area contributed by atoms with Gasteiger partial charge < -0.3 is 0 Å². The third-order valence-corrected chi connectivity index (χ3v) is 4.43. The van der Waals surface area contributed by atoms with Crippen LogP contribution in [0.1, 0.15) is 0 Å². The summed E-state index contributed by atoms with van der Waals surface area (Å²) in [7, 11) is -8.74. The Labute approximate surface area is 146 Å². The van der Waals surface area contributed by atoms with Gasteiger partial charge in [-0.1, -0.05) is 0 Å². The molecule has 176 valence electrons. The van der Waals surface area contributed by atoms with Gasteiger partial charge >= 0.3 is 57.1 Å². The summed E-state index contributed by atoms with van der Waals surface area (Å²) in [6.45, 7) is 0. The molecule has 0 saturated heterocycles. The molecule has 0 aromatic rings. The van der Waals surface area contributed by atoms with E-state index in [4.69, 9.17) is 4.55 Å². The standard InChI is InChI=1S/C8HF17O3S/c9-1(5(14,15)16,3(11,12)7(20,21)22)2(10,6(17,18)19)4(13,8(23,24)25)29(26,27)28/h(H,26,27,28). The van der Waals surface area contributed by atoms with Gasteiger partial charge in [-0.15, -0.1) is 0 Å². The van der Waals surface area contributed by atoms with E-state index in [9.17, 15) is 83.1 Å². The Morgan fingerprint density at radius 1 is 0.448 bits per heavy atom. The third kappa shape index (κ3) is 3.26. The summed E-state index contributed by atoms with van der Waals surface area (Å²) in [4.78, 5) is 0. The largest absolute Gasteiger partial charge is 0.457 e. The second-order valence-electron chi connectivity index (χ2n) is 4.95. The Kier molecular flexibility index (Phi) is 6.08. The Morgan fingerprint density at radius 2 is 0.724 bits per heavy atom. The van der Waals surface area contributed by atoms with E-state index in [-0.39, 0.29) is 0 Å². The topological polar surface area (TPSA) is 54.4 Å². The Balaban J connectivity index is 8.15. The average Bonchev–Trinajstić information content (AvgIpc) is 2.37. The second kappa shape index (κ2) is 6.36. The van der Waals surface area contributed by atoms with Crippen LogP contribution < -0.4 is 0 Å². The fourth-order valence-corrected chi connectivity index (χ4v) is 2.81.